The van der Waals surface area contributed by atoms with Crippen LogP contribution in [0.5, 0.6) is 5.75 Å². The van der Waals surface area contributed by atoms with Gasteiger partial charge in [-0.05, 0) is 46.3 Å². The number of allylic oxidation sites excluding steroid dienone is 1. The van der Waals surface area contributed by atoms with E-state index in [1.807, 2.05) is 13.0 Å². The number of hydrogen-bond donors (Lipinski definition) is 1. The number of rotatable bonds is 3. The van der Waals surface area contributed by atoms with E-state index in [0.717, 1.165) is 16.8 Å². The Morgan fingerprint density at radius 3 is 2.43 bits per heavy atom. The van der Waals surface area contributed by atoms with Gasteiger partial charge >= 0.3 is 5.97 Å². The Morgan fingerprint density at radius 1 is 1.33 bits per heavy atom. The molecule has 21 heavy (non-hydrogen) atoms. The molecule has 1 aromatic rings. The van der Waals surface area contributed by atoms with Gasteiger partial charge in [0, 0.05) is 23.4 Å². The molecule has 0 unspecified atom stereocenters. The summed E-state index contributed by atoms with van der Waals surface area (Å²) in [5.41, 5.74) is 3.16. The van der Waals surface area contributed by atoms with E-state index < -0.39 is 5.97 Å². The van der Waals surface area contributed by atoms with E-state index in [-0.39, 0.29) is 11.1 Å². The maximum absolute atomic E-state index is 11.4. The van der Waals surface area contributed by atoms with Crippen molar-refractivity contribution in [3.05, 3.63) is 29.3 Å². The summed E-state index contributed by atoms with van der Waals surface area (Å²) in [6, 6.07) is 3.85. The Hall–Kier alpha value is -1.97. The lowest BCUT2D eigenvalue weighted by molar-refractivity contribution is 0.0693. The molecule has 0 radical (unpaired) electrons. The van der Waals surface area contributed by atoms with Crippen LogP contribution in [0, 0.1) is 0 Å². The average molecular weight is 289 g/mol. The van der Waals surface area contributed by atoms with E-state index in [2.05, 4.69) is 38.7 Å². The van der Waals surface area contributed by atoms with Crippen molar-refractivity contribution >= 4 is 17.2 Å². The first-order valence-electron chi connectivity index (χ1n) is 7.13. The second kappa shape index (κ2) is 5.10. The highest BCUT2D eigenvalue weighted by atomic mass is 16.5. The van der Waals surface area contributed by atoms with Crippen molar-refractivity contribution in [1.29, 1.82) is 0 Å². The standard InChI is InChI=1S/C17H23NO3/c1-10(2)18-14-8-15(21-6)13(16(19)20)7-12(14)11(3)9-17(18,4)5/h7-10H,1-6H3,(H,19,20). The lowest BCUT2D eigenvalue weighted by Crippen LogP contribution is -2.49. The molecule has 0 saturated heterocycles. The zero-order valence-corrected chi connectivity index (χ0v) is 13.5. The minimum atomic E-state index is -0.969. The number of nitrogens with zero attached hydrogens (tertiary/aromatic N) is 1. The monoisotopic (exact) mass is 289 g/mol. The Morgan fingerprint density at radius 2 is 1.95 bits per heavy atom. The smallest absolute Gasteiger partial charge is 0.339 e. The summed E-state index contributed by atoms with van der Waals surface area (Å²) in [7, 11) is 1.50. The second-order valence-corrected chi connectivity index (χ2v) is 6.32. The molecule has 0 bridgehead atoms. The van der Waals surface area contributed by atoms with E-state index in [1.165, 1.54) is 7.11 Å². The number of ether oxygens (including phenoxy) is 1. The fourth-order valence-corrected chi connectivity index (χ4v) is 3.35. The van der Waals surface area contributed by atoms with Crippen molar-refractivity contribution in [3.8, 4) is 5.75 Å². The number of carboxylic acid groups (broad SMARTS) is 1. The summed E-state index contributed by atoms with van der Waals surface area (Å²) in [6.45, 7) is 10.6. The predicted octanol–water partition coefficient (Wildman–Crippen LogP) is 3.80. The molecule has 1 N–H and O–H groups in total. The topological polar surface area (TPSA) is 49.8 Å². The number of hydrogen-bond acceptors (Lipinski definition) is 3. The molecule has 114 valence electrons. The molecule has 1 aliphatic heterocycles. The fourth-order valence-electron chi connectivity index (χ4n) is 3.35. The number of carbonyl (C=O) groups is 1. The van der Waals surface area contributed by atoms with Crippen LogP contribution in [0.2, 0.25) is 0 Å². The number of aromatic carboxylic acids is 1. The molecule has 0 aliphatic carbocycles. The van der Waals surface area contributed by atoms with E-state index >= 15 is 0 Å². The minimum absolute atomic E-state index is 0.124. The quantitative estimate of drug-likeness (QED) is 0.919. The number of fused-ring (bicyclic) bond motifs is 1. The maximum Gasteiger partial charge on any atom is 0.339 e. The predicted molar refractivity (Wildman–Crippen MR) is 85.3 cm³/mol. The van der Waals surface area contributed by atoms with Crippen molar-refractivity contribution in [2.24, 2.45) is 0 Å². The minimum Gasteiger partial charge on any atom is -0.496 e. The molecule has 0 spiro atoms. The molecule has 4 nitrogen and oxygen atoms in total. The molecule has 0 aromatic heterocycles. The summed E-state index contributed by atoms with van der Waals surface area (Å²) >= 11 is 0. The van der Waals surface area contributed by atoms with Gasteiger partial charge in [0.05, 0.1) is 12.6 Å². The zero-order chi connectivity index (χ0) is 15.9. The Balaban J connectivity index is 2.75. The molecular weight excluding hydrogens is 266 g/mol. The molecule has 1 heterocycles. The Bertz CT molecular complexity index is 615. The number of methoxy groups -OCH3 is 1. The third-order valence-corrected chi connectivity index (χ3v) is 3.94. The summed E-state index contributed by atoms with van der Waals surface area (Å²) in [5.74, 6) is -0.569. The van der Waals surface area contributed by atoms with Gasteiger partial charge in [0.15, 0.2) is 0 Å². The molecule has 0 amide bonds. The first-order chi connectivity index (χ1) is 9.69. The SMILES string of the molecule is COc1cc2c(cc1C(=O)O)C(C)=CC(C)(C)N2C(C)C. The van der Waals surface area contributed by atoms with E-state index in [1.54, 1.807) is 6.07 Å². The van der Waals surface area contributed by atoms with Crippen LogP contribution in [0.25, 0.3) is 5.57 Å². The van der Waals surface area contributed by atoms with Crippen LogP contribution in [0.3, 0.4) is 0 Å². The first-order valence-corrected chi connectivity index (χ1v) is 7.13. The summed E-state index contributed by atoms with van der Waals surface area (Å²) < 4.78 is 5.28. The highest BCUT2D eigenvalue weighted by Gasteiger charge is 2.34. The molecule has 0 fully saturated rings. The van der Waals surface area contributed by atoms with Gasteiger partial charge in [-0.1, -0.05) is 6.08 Å². The van der Waals surface area contributed by atoms with Crippen molar-refractivity contribution in [2.75, 3.05) is 12.0 Å². The van der Waals surface area contributed by atoms with Crippen molar-refractivity contribution < 1.29 is 14.6 Å². The molecule has 2 rings (SSSR count). The Kier molecular flexibility index (Phi) is 3.74. The van der Waals surface area contributed by atoms with Gasteiger partial charge in [-0.15, -0.1) is 0 Å². The Labute approximate surface area is 126 Å². The van der Waals surface area contributed by atoms with Crippen LogP contribution >= 0.6 is 0 Å². The second-order valence-electron chi connectivity index (χ2n) is 6.32. The van der Waals surface area contributed by atoms with Crippen LogP contribution in [0.1, 0.15) is 50.5 Å². The van der Waals surface area contributed by atoms with Crippen LogP contribution in [0.4, 0.5) is 5.69 Å². The normalized spacial score (nSPS) is 16.5. The van der Waals surface area contributed by atoms with Crippen LogP contribution < -0.4 is 9.64 Å². The molecular formula is C17H23NO3. The lowest BCUT2D eigenvalue weighted by Gasteiger charge is -2.46. The molecule has 4 heteroatoms. The highest BCUT2D eigenvalue weighted by Crippen LogP contribution is 2.43. The van der Waals surface area contributed by atoms with E-state index in [9.17, 15) is 9.90 Å². The van der Waals surface area contributed by atoms with Crippen LogP contribution in [0.15, 0.2) is 18.2 Å². The third kappa shape index (κ3) is 2.50. The number of benzene rings is 1. The van der Waals surface area contributed by atoms with Crippen molar-refractivity contribution in [2.45, 2.75) is 46.2 Å². The average Bonchev–Trinajstić information content (AvgIpc) is 2.35. The summed E-state index contributed by atoms with van der Waals surface area (Å²) in [5, 5.41) is 9.35. The fraction of sp³-hybridized carbons (Fsp3) is 0.471. The molecule has 1 aromatic carbocycles. The number of anilines is 1. The van der Waals surface area contributed by atoms with Gasteiger partial charge < -0.3 is 14.7 Å². The zero-order valence-electron chi connectivity index (χ0n) is 13.5. The summed E-state index contributed by atoms with van der Waals surface area (Å²) in [4.78, 5) is 13.7. The first kappa shape index (κ1) is 15.4. The highest BCUT2D eigenvalue weighted by molar-refractivity contribution is 5.95. The van der Waals surface area contributed by atoms with E-state index in [4.69, 9.17) is 4.74 Å². The molecule has 0 atom stereocenters. The van der Waals surface area contributed by atoms with Crippen molar-refractivity contribution in [3.63, 3.8) is 0 Å². The molecule has 1 aliphatic rings. The van der Waals surface area contributed by atoms with Gasteiger partial charge in [0.2, 0.25) is 0 Å². The van der Waals surface area contributed by atoms with Gasteiger partial charge in [-0.2, -0.15) is 0 Å². The number of carboxylic acids is 1. The van der Waals surface area contributed by atoms with Gasteiger partial charge in [-0.3, -0.25) is 0 Å². The van der Waals surface area contributed by atoms with Gasteiger partial charge in [0.25, 0.3) is 0 Å². The maximum atomic E-state index is 11.4. The summed E-state index contributed by atoms with van der Waals surface area (Å²) in [6.07, 6.45) is 2.19. The van der Waals surface area contributed by atoms with Gasteiger partial charge in [-0.25, -0.2) is 4.79 Å². The largest absolute Gasteiger partial charge is 0.496 e. The third-order valence-electron chi connectivity index (χ3n) is 3.94. The van der Waals surface area contributed by atoms with Crippen LogP contribution in [-0.2, 0) is 0 Å². The van der Waals surface area contributed by atoms with Gasteiger partial charge in [0.1, 0.15) is 11.3 Å². The lowest BCUT2D eigenvalue weighted by atomic mass is 9.86. The van der Waals surface area contributed by atoms with E-state index in [0.29, 0.717) is 11.8 Å². The molecule has 0 saturated carbocycles. The van der Waals surface area contributed by atoms with Crippen molar-refractivity contribution in [1.82, 2.24) is 0 Å². The van der Waals surface area contributed by atoms with Crippen LogP contribution in [-0.4, -0.2) is 29.8 Å².